The van der Waals surface area contributed by atoms with Gasteiger partial charge in [-0.15, -0.1) is 0 Å². The first-order valence-corrected chi connectivity index (χ1v) is 8.36. The Bertz CT molecular complexity index is 1060. The molecule has 2 aromatic rings. The van der Waals surface area contributed by atoms with Crippen LogP contribution in [0.25, 0.3) is 0 Å². The number of aromatic nitrogens is 1. The Morgan fingerprint density at radius 2 is 1.77 bits per heavy atom. The molecule has 0 amide bonds. The average Bonchev–Trinajstić information content (AvgIpc) is 2.54. The Morgan fingerprint density at radius 3 is 2.23 bits per heavy atom. The van der Waals surface area contributed by atoms with E-state index in [2.05, 4.69) is 4.98 Å². The Morgan fingerprint density at radius 1 is 1.19 bits per heavy atom. The van der Waals surface area contributed by atoms with E-state index in [4.69, 9.17) is 15.9 Å². The van der Waals surface area contributed by atoms with Crippen LogP contribution in [0.4, 0.5) is 11.5 Å². The molecule has 11 heteroatoms. The number of hydrogen-bond donors (Lipinski definition) is 4. The minimum atomic E-state index is -4.21. The van der Waals surface area contributed by atoms with E-state index >= 15 is 0 Å². The third kappa shape index (κ3) is 3.40. The molecule has 134 valence electrons. The summed E-state index contributed by atoms with van der Waals surface area (Å²) >= 11 is 0. The molecule has 0 aliphatic rings. The Balaban J connectivity index is 2.66. The lowest BCUT2D eigenvalue weighted by Gasteiger charge is -2.13. The van der Waals surface area contributed by atoms with Gasteiger partial charge in [0.2, 0.25) is 0 Å². The van der Waals surface area contributed by atoms with Crippen molar-refractivity contribution in [3.63, 3.8) is 0 Å². The molecule has 0 unspecified atom stereocenters. The average molecular weight is 376 g/mol. The molecule has 0 radical (unpaired) electrons. The van der Waals surface area contributed by atoms with E-state index in [-0.39, 0.29) is 4.90 Å². The molecule has 1 aromatic carbocycles. The molecule has 0 fully saturated rings. The number of hydrogen-bond acceptors (Lipinski definition) is 7. The van der Waals surface area contributed by atoms with Crippen molar-refractivity contribution in [1.82, 2.24) is 4.98 Å². The lowest BCUT2D eigenvalue weighted by Crippen LogP contribution is -2.20. The van der Waals surface area contributed by atoms with E-state index in [9.17, 15) is 23.3 Å². The van der Waals surface area contributed by atoms with E-state index < -0.39 is 50.3 Å². The van der Waals surface area contributed by atoms with Crippen LogP contribution < -0.4 is 10.5 Å². The van der Waals surface area contributed by atoms with Crippen molar-refractivity contribution < 1.29 is 28.2 Å². The molecule has 2 rings (SSSR count). The minimum Gasteiger partial charge on any atom is -0.478 e. The molecule has 1 aromatic heterocycles. The number of carboxylic acid groups (broad SMARTS) is 2. The van der Waals surface area contributed by atoms with Gasteiger partial charge in [-0.3, -0.25) is 4.72 Å². The van der Waals surface area contributed by atoms with Crippen molar-refractivity contribution in [2.45, 2.75) is 11.8 Å². The number of carbonyl (C=O) groups is 2. The Labute approximate surface area is 147 Å². The van der Waals surface area contributed by atoms with Gasteiger partial charge in [0, 0.05) is 0 Å². The van der Waals surface area contributed by atoms with Crippen LogP contribution in [0.2, 0.25) is 0 Å². The largest absolute Gasteiger partial charge is 0.478 e. The van der Waals surface area contributed by atoms with Crippen molar-refractivity contribution in [3.8, 4) is 6.07 Å². The van der Waals surface area contributed by atoms with Crippen molar-refractivity contribution in [2.75, 3.05) is 10.5 Å². The maximum Gasteiger partial charge on any atom is 0.355 e. The lowest BCUT2D eigenvalue weighted by molar-refractivity contribution is 0.0647. The number of nitrogens with two attached hydrogens (primary N) is 1. The highest BCUT2D eigenvalue weighted by Crippen LogP contribution is 2.28. The predicted molar refractivity (Wildman–Crippen MR) is 89.3 cm³/mol. The number of benzene rings is 1. The fourth-order valence-corrected chi connectivity index (χ4v) is 3.08. The molecular formula is C15H12N4O6S. The Hall–Kier alpha value is -3.65. The van der Waals surface area contributed by atoms with Gasteiger partial charge in [0.15, 0.2) is 11.5 Å². The molecule has 0 aliphatic heterocycles. The van der Waals surface area contributed by atoms with Gasteiger partial charge in [-0.2, -0.15) is 5.26 Å². The fourth-order valence-electron chi connectivity index (χ4n) is 2.07. The molecule has 0 aliphatic carbocycles. The number of aryl methyl sites for hydroxylation is 1. The summed E-state index contributed by atoms with van der Waals surface area (Å²) in [6.45, 7) is 1.75. The number of nitrogens with one attached hydrogen (secondary N) is 1. The molecule has 1 heterocycles. The highest BCUT2D eigenvalue weighted by atomic mass is 32.2. The summed E-state index contributed by atoms with van der Waals surface area (Å²) in [7, 11) is -4.21. The number of carboxylic acids is 2. The van der Waals surface area contributed by atoms with E-state index in [1.165, 1.54) is 30.3 Å². The number of nitrogens with zero attached hydrogens (tertiary/aromatic N) is 2. The third-order valence-electron chi connectivity index (χ3n) is 3.33. The highest BCUT2D eigenvalue weighted by molar-refractivity contribution is 7.92. The van der Waals surface area contributed by atoms with Crippen LogP contribution in [0.15, 0.2) is 29.2 Å². The molecule has 0 bridgehead atoms. The van der Waals surface area contributed by atoms with Crippen LogP contribution in [-0.2, 0) is 10.0 Å². The maximum atomic E-state index is 12.4. The van der Waals surface area contributed by atoms with Crippen LogP contribution >= 0.6 is 0 Å². The second-order valence-electron chi connectivity index (χ2n) is 5.11. The molecular weight excluding hydrogens is 364 g/mol. The molecule has 10 nitrogen and oxygen atoms in total. The van der Waals surface area contributed by atoms with Crippen molar-refractivity contribution in [3.05, 3.63) is 46.6 Å². The number of nitrogen functional groups attached to an aromatic ring is 1. The summed E-state index contributed by atoms with van der Waals surface area (Å²) in [4.78, 5) is 25.8. The van der Waals surface area contributed by atoms with Crippen LogP contribution in [0, 0.1) is 18.3 Å². The third-order valence-corrected chi connectivity index (χ3v) is 4.68. The SMILES string of the molecule is Cc1ccc(S(=O)(=O)Nc2nc(C(=O)O)c(C(=O)O)c(N)c2C#N)cc1. The monoisotopic (exact) mass is 376 g/mol. The van der Waals surface area contributed by atoms with E-state index in [0.29, 0.717) is 0 Å². The fraction of sp³-hybridized carbons (Fsp3) is 0.0667. The molecule has 0 saturated heterocycles. The van der Waals surface area contributed by atoms with Gasteiger partial charge >= 0.3 is 11.9 Å². The second-order valence-corrected chi connectivity index (χ2v) is 6.80. The van der Waals surface area contributed by atoms with E-state index in [1.807, 2.05) is 4.72 Å². The lowest BCUT2D eigenvalue weighted by atomic mass is 10.1. The van der Waals surface area contributed by atoms with Gasteiger partial charge in [0.1, 0.15) is 17.2 Å². The number of sulfonamides is 1. The van der Waals surface area contributed by atoms with Gasteiger partial charge in [-0.05, 0) is 19.1 Å². The minimum absolute atomic E-state index is 0.161. The summed E-state index contributed by atoms with van der Waals surface area (Å²) in [5.41, 5.74) is 3.20. The van der Waals surface area contributed by atoms with E-state index in [1.54, 1.807) is 6.92 Å². The summed E-state index contributed by atoms with van der Waals surface area (Å²) in [6.07, 6.45) is 0. The number of pyridine rings is 1. The summed E-state index contributed by atoms with van der Waals surface area (Å²) in [5.74, 6) is -4.13. The Kier molecular flexibility index (Phi) is 4.81. The highest BCUT2D eigenvalue weighted by Gasteiger charge is 2.28. The van der Waals surface area contributed by atoms with Gasteiger partial charge in [0.05, 0.1) is 10.6 Å². The zero-order valence-electron chi connectivity index (χ0n) is 13.2. The van der Waals surface area contributed by atoms with Crippen LogP contribution in [-0.4, -0.2) is 35.6 Å². The summed E-state index contributed by atoms with van der Waals surface area (Å²) in [6, 6.07) is 7.22. The van der Waals surface area contributed by atoms with Crippen molar-refractivity contribution in [1.29, 1.82) is 5.26 Å². The molecule has 0 atom stereocenters. The van der Waals surface area contributed by atoms with Gasteiger partial charge in [-0.25, -0.2) is 23.0 Å². The predicted octanol–water partition coefficient (Wildman–Crippen LogP) is 1.04. The van der Waals surface area contributed by atoms with Crippen molar-refractivity contribution in [2.24, 2.45) is 0 Å². The number of anilines is 2. The van der Waals surface area contributed by atoms with Crippen LogP contribution in [0.5, 0.6) is 0 Å². The number of aromatic carboxylic acids is 2. The van der Waals surface area contributed by atoms with Crippen LogP contribution in [0.1, 0.15) is 32.0 Å². The molecule has 0 saturated carbocycles. The zero-order valence-corrected chi connectivity index (χ0v) is 14.0. The molecule has 5 N–H and O–H groups in total. The first-order valence-electron chi connectivity index (χ1n) is 6.88. The zero-order chi connectivity index (χ0) is 19.6. The molecule has 26 heavy (non-hydrogen) atoms. The standard InChI is InChI=1S/C15H12N4O6S/c1-7-2-4-8(5-3-7)26(24,25)19-13-9(6-16)11(17)10(14(20)21)12(18-13)15(22)23/h2-5H,1H3,(H,20,21)(H,22,23)(H3,17,18,19). The van der Waals surface area contributed by atoms with Gasteiger partial charge < -0.3 is 15.9 Å². The molecule has 0 spiro atoms. The van der Waals surface area contributed by atoms with E-state index in [0.717, 1.165) is 5.56 Å². The van der Waals surface area contributed by atoms with Gasteiger partial charge in [-0.1, -0.05) is 17.7 Å². The second kappa shape index (κ2) is 6.69. The smallest absolute Gasteiger partial charge is 0.355 e. The number of rotatable bonds is 5. The quantitative estimate of drug-likeness (QED) is 0.592. The topological polar surface area (TPSA) is 183 Å². The van der Waals surface area contributed by atoms with Crippen molar-refractivity contribution >= 4 is 33.5 Å². The number of nitriles is 1. The summed E-state index contributed by atoms with van der Waals surface area (Å²) in [5, 5.41) is 27.4. The van der Waals surface area contributed by atoms with Gasteiger partial charge in [0.25, 0.3) is 10.0 Å². The summed E-state index contributed by atoms with van der Waals surface area (Å²) < 4.78 is 26.8. The normalized spacial score (nSPS) is 10.8. The first kappa shape index (κ1) is 18.7. The van der Waals surface area contributed by atoms with Crippen LogP contribution in [0.3, 0.4) is 0 Å². The maximum absolute atomic E-state index is 12.4. The first-order chi connectivity index (χ1) is 12.1.